The summed E-state index contributed by atoms with van der Waals surface area (Å²) in [7, 11) is 1.73. The van der Waals surface area contributed by atoms with Gasteiger partial charge in [0.15, 0.2) is 0 Å². The van der Waals surface area contributed by atoms with E-state index in [0.717, 1.165) is 94.8 Å². The standard InChI is InChI=1S/C36H54FN3O5/c1-35(2,34(41)39-22-26-13-17-43-18-14-26)21-30-10-11-31(23-38-30)44-24-27-9-12-33-32(19-27)40(15-6-16-42-4)25-36(3,45-33)28-7-5-8-29(37)20-28/h5,8-9,12,19-20,26,28,30-31,38H,6-7,10-11,13-18,21-25H2,1-4H3,(H,39,41)/t28?,30?,31-,36-/m1/s1. The van der Waals surface area contributed by atoms with Crippen LogP contribution < -0.4 is 20.3 Å². The second kappa shape index (κ2) is 15.4. The molecule has 5 rings (SSSR count). The fraction of sp³-hybridized carbons (Fsp3) is 0.694. The van der Waals surface area contributed by atoms with Crippen molar-refractivity contribution in [1.29, 1.82) is 0 Å². The molecule has 2 saturated heterocycles. The van der Waals surface area contributed by atoms with E-state index in [0.29, 0.717) is 31.7 Å². The molecule has 2 N–H and O–H groups in total. The molecule has 250 valence electrons. The molecule has 8 nitrogen and oxygen atoms in total. The van der Waals surface area contributed by atoms with Gasteiger partial charge in [0.1, 0.15) is 17.2 Å². The average molecular weight is 628 g/mol. The number of benzene rings is 1. The number of carbonyl (C=O) groups is 1. The molecule has 1 aromatic rings. The lowest BCUT2D eigenvalue weighted by atomic mass is 9.82. The molecule has 9 heteroatoms. The van der Waals surface area contributed by atoms with E-state index in [1.807, 2.05) is 12.1 Å². The smallest absolute Gasteiger partial charge is 0.225 e. The summed E-state index contributed by atoms with van der Waals surface area (Å²) in [5.41, 5.74) is 1.20. The number of hydrogen-bond donors (Lipinski definition) is 2. The number of amides is 1. The van der Waals surface area contributed by atoms with Crippen molar-refractivity contribution in [3.63, 3.8) is 0 Å². The molecule has 3 aliphatic heterocycles. The lowest BCUT2D eigenvalue weighted by molar-refractivity contribution is -0.130. The van der Waals surface area contributed by atoms with Crippen LogP contribution in [0.2, 0.25) is 0 Å². The third-order valence-corrected chi connectivity index (χ3v) is 10.0. The molecule has 0 aromatic heterocycles. The molecule has 0 saturated carbocycles. The van der Waals surface area contributed by atoms with Crippen LogP contribution in [0.25, 0.3) is 0 Å². The topological polar surface area (TPSA) is 81.3 Å². The summed E-state index contributed by atoms with van der Waals surface area (Å²) in [6, 6.07) is 6.60. The highest BCUT2D eigenvalue weighted by Gasteiger charge is 2.42. The fourth-order valence-corrected chi connectivity index (χ4v) is 7.15. The molecule has 3 heterocycles. The first-order valence-corrected chi connectivity index (χ1v) is 17.0. The van der Waals surface area contributed by atoms with Crippen molar-refractivity contribution in [3.05, 3.63) is 47.8 Å². The van der Waals surface area contributed by atoms with Crippen molar-refractivity contribution in [2.45, 2.75) is 90.1 Å². The van der Waals surface area contributed by atoms with Gasteiger partial charge < -0.3 is 34.5 Å². The molecule has 45 heavy (non-hydrogen) atoms. The largest absolute Gasteiger partial charge is 0.483 e. The zero-order valence-corrected chi connectivity index (χ0v) is 27.7. The van der Waals surface area contributed by atoms with Crippen LogP contribution in [-0.4, -0.2) is 76.8 Å². The number of anilines is 1. The number of rotatable bonds is 13. The van der Waals surface area contributed by atoms with E-state index >= 15 is 0 Å². The Morgan fingerprint density at radius 1 is 1.22 bits per heavy atom. The number of nitrogens with one attached hydrogen (secondary N) is 2. The van der Waals surface area contributed by atoms with Crippen LogP contribution in [-0.2, 0) is 25.6 Å². The van der Waals surface area contributed by atoms with E-state index < -0.39 is 11.0 Å². The molecule has 0 radical (unpaired) electrons. The minimum Gasteiger partial charge on any atom is -0.483 e. The number of allylic oxidation sites excluding steroid dienone is 3. The van der Waals surface area contributed by atoms with Crippen molar-refractivity contribution in [3.8, 4) is 5.75 Å². The van der Waals surface area contributed by atoms with Gasteiger partial charge in [0.05, 0.1) is 24.9 Å². The molecule has 0 spiro atoms. The van der Waals surface area contributed by atoms with E-state index in [1.54, 1.807) is 13.2 Å². The average Bonchev–Trinajstić information content (AvgIpc) is 3.04. The lowest BCUT2D eigenvalue weighted by Crippen LogP contribution is -2.53. The SMILES string of the molecule is COCCCN1C[C@](C)(C2C=C(F)C=CC2)Oc2ccc(CO[C@@H]3CCC(CC(C)(C)C(=O)NCC4CCOCC4)NC3)cc21. The predicted molar refractivity (Wildman–Crippen MR) is 175 cm³/mol. The molecule has 4 aliphatic rings. The van der Waals surface area contributed by atoms with Crippen LogP contribution >= 0.6 is 0 Å². The van der Waals surface area contributed by atoms with Crippen LogP contribution in [0.1, 0.15) is 71.3 Å². The van der Waals surface area contributed by atoms with Crippen LogP contribution in [0, 0.1) is 17.3 Å². The summed E-state index contributed by atoms with van der Waals surface area (Å²) in [5.74, 6) is 1.26. The number of nitrogens with zero attached hydrogens (tertiary/aromatic N) is 1. The summed E-state index contributed by atoms with van der Waals surface area (Å²) < 4.78 is 37.9. The Hall–Kier alpha value is -2.46. The van der Waals surface area contributed by atoms with Crippen molar-refractivity contribution in [2.24, 2.45) is 17.3 Å². The fourth-order valence-electron chi connectivity index (χ4n) is 7.15. The Labute approximate surface area is 269 Å². The summed E-state index contributed by atoms with van der Waals surface area (Å²) in [6.45, 7) is 12.0. The number of hydrogen-bond acceptors (Lipinski definition) is 7. The first-order valence-electron chi connectivity index (χ1n) is 17.0. The summed E-state index contributed by atoms with van der Waals surface area (Å²) in [5, 5.41) is 6.86. The van der Waals surface area contributed by atoms with E-state index in [2.05, 4.69) is 48.4 Å². The van der Waals surface area contributed by atoms with Gasteiger partial charge in [-0.05, 0) is 87.6 Å². The van der Waals surface area contributed by atoms with Gasteiger partial charge >= 0.3 is 0 Å². The molecule has 1 aliphatic carbocycles. The third-order valence-electron chi connectivity index (χ3n) is 10.0. The maximum absolute atomic E-state index is 14.2. The maximum Gasteiger partial charge on any atom is 0.225 e. The van der Waals surface area contributed by atoms with E-state index in [1.165, 1.54) is 6.08 Å². The number of piperidine rings is 1. The highest BCUT2D eigenvalue weighted by molar-refractivity contribution is 5.81. The molecule has 1 amide bonds. The van der Waals surface area contributed by atoms with Gasteiger partial charge in [-0.2, -0.15) is 0 Å². The highest BCUT2D eigenvalue weighted by atomic mass is 19.1. The van der Waals surface area contributed by atoms with E-state index in [4.69, 9.17) is 18.9 Å². The quantitative estimate of drug-likeness (QED) is 0.272. The number of carbonyl (C=O) groups excluding carboxylic acids is 1. The molecular weight excluding hydrogens is 573 g/mol. The number of methoxy groups -OCH3 is 1. The van der Waals surface area contributed by atoms with Crippen molar-refractivity contribution in [2.75, 3.05) is 58.0 Å². The zero-order chi connectivity index (χ0) is 31.9. The van der Waals surface area contributed by atoms with E-state index in [-0.39, 0.29) is 23.8 Å². The lowest BCUT2D eigenvalue weighted by Gasteiger charge is -2.46. The Bertz CT molecular complexity index is 1190. The predicted octanol–water partition coefficient (Wildman–Crippen LogP) is 5.71. The second-order valence-electron chi connectivity index (χ2n) is 14.3. The Morgan fingerprint density at radius 2 is 2.04 bits per heavy atom. The van der Waals surface area contributed by atoms with Crippen LogP contribution in [0.3, 0.4) is 0 Å². The second-order valence-corrected chi connectivity index (χ2v) is 14.3. The van der Waals surface area contributed by atoms with Crippen LogP contribution in [0.5, 0.6) is 5.75 Å². The van der Waals surface area contributed by atoms with E-state index in [9.17, 15) is 9.18 Å². The number of halogens is 1. The third kappa shape index (κ3) is 9.09. The first kappa shape index (κ1) is 33.9. The summed E-state index contributed by atoms with van der Waals surface area (Å²) >= 11 is 0. The van der Waals surface area contributed by atoms with Gasteiger partial charge in [-0.15, -0.1) is 0 Å². The van der Waals surface area contributed by atoms with Crippen molar-refractivity contribution >= 4 is 11.6 Å². The summed E-state index contributed by atoms with van der Waals surface area (Å²) in [6.07, 6.45) is 11.7. The maximum atomic E-state index is 14.2. The molecule has 0 bridgehead atoms. The minimum atomic E-state index is -0.537. The molecule has 1 aromatic carbocycles. The van der Waals surface area contributed by atoms with Gasteiger partial charge in [0.2, 0.25) is 5.91 Å². The Morgan fingerprint density at radius 3 is 2.78 bits per heavy atom. The molecular formula is C36H54FN3O5. The Balaban J connectivity index is 1.12. The number of fused-ring (bicyclic) bond motifs is 1. The molecule has 2 unspecified atom stereocenters. The minimum absolute atomic E-state index is 0.0386. The van der Waals surface area contributed by atoms with Crippen molar-refractivity contribution < 1.29 is 28.1 Å². The molecule has 2 fully saturated rings. The summed E-state index contributed by atoms with van der Waals surface area (Å²) in [4.78, 5) is 15.4. The monoisotopic (exact) mass is 627 g/mol. The van der Waals surface area contributed by atoms with Gasteiger partial charge in [-0.1, -0.05) is 26.0 Å². The van der Waals surface area contributed by atoms with Crippen molar-refractivity contribution in [1.82, 2.24) is 10.6 Å². The first-order chi connectivity index (χ1) is 21.6. The van der Waals surface area contributed by atoms with Gasteiger partial charge in [0, 0.05) is 63.9 Å². The van der Waals surface area contributed by atoms with Crippen LogP contribution in [0.4, 0.5) is 10.1 Å². The van der Waals surface area contributed by atoms with Gasteiger partial charge in [-0.3, -0.25) is 4.79 Å². The Kier molecular flexibility index (Phi) is 11.6. The zero-order valence-electron chi connectivity index (χ0n) is 27.7. The van der Waals surface area contributed by atoms with Gasteiger partial charge in [-0.25, -0.2) is 4.39 Å². The highest BCUT2D eigenvalue weighted by Crippen LogP contribution is 2.43. The van der Waals surface area contributed by atoms with Gasteiger partial charge in [0.25, 0.3) is 0 Å². The normalized spacial score (nSPS) is 27.4. The molecule has 4 atom stereocenters. The van der Waals surface area contributed by atoms with Crippen LogP contribution in [0.15, 0.2) is 42.3 Å². The number of ether oxygens (including phenoxy) is 4.